The number of sulfonamides is 1. The second-order valence-electron chi connectivity index (χ2n) is 6.97. The van der Waals surface area contributed by atoms with E-state index in [1.807, 2.05) is 20.8 Å². The number of rotatable bonds is 3. The molecule has 1 atom stereocenters. The second-order valence-corrected chi connectivity index (χ2v) is 9.06. The van der Waals surface area contributed by atoms with Crippen LogP contribution in [0.15, 0.2) is 41.3 Å². The Kier molecular flexibility index (Phi) is 5.83. The number of benzene rings is 2. The van der Waals surface area contributed by atoms with Gasteiger partial charge < -0.3 is 10.5 Å². The quantitative estimate of drug-likeness (QED) is 0.733. The Balaban J connectivity index is 0.00000243. The molecule has 0 fully saturated rings. The number of ether oxygens (including phenoxy) is 1. The van der Waals surface area contributed by atoms with E-state index in [0.717, 1.165) is 11.1 Å². The van der Waals surface area contributed by atoms with Crippen LogP contribution in [-0.2, 0) is 10.0 Å². The number of halogens is 2. The lowest BCUT2D eigenvalue weighted by atomic mass is 9.90. The smallest absolute Gasteiger partial charge is 0.242 e. The molecule has 142 valence electrons. The van der Waals surface area contributed by atoms with Crippen LogP contribution in [0.3, 0.4) is 0 Å². The van der Waals surface area contributed by atoms with Crippen molar-refractivity contribution < 1.29 is 13.2 Å². The van der Waals surface area contributed by atoms with Crippen molar-refractivity contribution in [1.29, 1.82) is 0 Å². The first-order valence-electron chi connectivity index (χ1n) is 7.94. The van der Waals surface area contributed by atoms with Crippen molar-refractivity contribution >= 4 is 39.7 Å². The SMILES string of the molecule is Cc1ccc(S(=O)(=O)NC2CC(C)(C)Oc3ccc(N)cc32)c(Cl)c1.Cl. The van der Waals surface area contributed by atoms with Gasteiger partial charge >= 0.3 is 0 Å². The lowest BCUT2D eigenvalue weighted by molar-refractivity contribution is 0.0702. The van der Waals surface area contributed by atoms with Crippen molar-refractivity contribution in [2.45, 2.75) is 43.7 Å². The van der Waals surface area contributed by atoms with E-state index in [4.69, 9.17) is 22.1 Å². The fraction of sp³-hybridized carbons (Fsp3) is 0.333. The zero-order chi connectivity index (χ0) is 18.4. The minimum absolute atomic E-state index is 0. The highest BCUT2D eigenvalue weighted by Crippen LogP contribution is 2.41. The number of nitrogen functional groups attached to an aromatic ring is 1. The van der Waals surface area contributed by atoms with E-state index in [2.05, 4.69) is 4.72 Å². The number of aryl methyl sites for hydroxylation is 1. The molecule has 1 heterocycles. The van der Waals surface area contributed by atoms with Crippen molar-refractivity contribution in [3.05, 3.63) is 52.5 Å². The van der Waals surface area contributed by atoms with Gasteiger partial charge in [0, 0.05) is 17.7 Å². The van der Waals surface area contributed by atoms with Gasteiger partial charge in [-0.15, -0.1) is 12.4 Å². The van der Waals surface area contributed by atoms with E-state index in [1.54, 1.807) is 30.3 Å². The number of hydrogen-bond acceptors (Lipinski definition) is 4. The molecule has 0 amide bonds. The van der Waals surface area contributed by atoms with Crippen molar-refractivity contribution in [3.63, 3.8) is 0 Å². The molecule has 0 bridgehead atoms. The summed E-state index contributed by atoms with van der Waals surface area (Å²) in [6.45, 7) is 5.70. The molecule has 0 aromatic heterocycles. The molecule has 3 rings (SSSR count). The van der Waals surface area contributed by atoms with E-state index in [9.17, 15) is 8.42 Å². The molecule has 0 aliphatic carbocycles. The van der Waals surface area contributed by atoms with Crippen molar-refractivity contribution in [1.82, 2.24) is 4.72 Å². The summed E-state index contributed by atoms with van der Waals surface area (Å²) in [6.07, 6.45) is 0.478. The third-order valence-electron chi connectivity index (χ3n) is 4.17. The van der Waals surface area contributed by atoms with Gasteiger partial charge in [0.15, 0.2) is 0 Å². The summed E-state index contributed by atoms with van der Waals surface area (Å²) in [7, 11) is -3.79. The van der Waals surface area contributed by atoms with E-state index in [1.165, 1.54) is 6.07 Å². The maximum Gasteiger partial charge on any atom is 0.242 e. The highest BCUT2D eigenvalue weighted by atomic mass is 35.5. The van der Waals surface area contributed by atoms with Crippen molar-refractivity contribution in [3.8, 4) is 5.75 Å². The summed E-state index contributed by atoms with van der Waals surface area (Å²) in [5.41, 5.74) is 7.55. The van der Waals surface area contributed by atoms with Crippen LogP contribution >= 0.6 is 24.0 Å². The molecular formula is C18H22Cl2N2O3S. The molecule has 0 spiro atoms. The fourth-order valence-electron chi connectivity index (χ4n) is 3.05. The second kappa shape index (κ2) is 7.27. The average molecular weight is 417 g/mol. The van der Waals surface area contributed by atoms with Crippen LogP contribution in [0, 0.1) is 6.92 Å². The van der Waals surface area contributed by atoms with Gasteiger partial charge in [0.2, 0.25) is 10.0 Å². The van der Waals surface area contributed by atoms with Gasteiger partial charge in [-0.05, 0) is 56.7 Å². The average Bonchev–Trinajstić information content (AvgIpc) is 2.46. The Hall–Kier alpha value is -1.47. The highest BCUT2D eigenvalue weighted by Gasteiger charge is 2.36. The molecule has 0 saturated heterocycles. The maximum atomic E-state index is 12.9. The number of nitrogens with one attached hydrogen (secondary N) is 1. The van der Waals surface area contributed by atoms with Crippen LogP contribution in [0.5, 0.6) is 5.75 Å². The van der Waals surface area contributed by atoms with Crippen LogP contribution < -0.4 is 15.2 Å². The van der Waals surface area contributed by atoms with Gasteiger partial charge in [-0.3, -0.25) is 0 Å². The Morgan fingerprint density at radius 2 is 1.92 bits per heavy atom. The maximum absolute atomic E-state index is 12.9. The van der Waals surface area contributed by atoms with Gasteiger partial charge in [0.05, 0.1) is 11.1 Å². The summed E-state index contributed by atoms with van der Waals surface area (Å²) in [4.78, 5) is 0.0644. The van der Waals surface area contributed by atoms with E-state index < -0.39 is 21.7 Å². The first-order valence-corrected chi connectivity index (χ1v) is 9.80. The van der Waals surface area contributed by atoms with Crippen molar-refractivity contribution in [2.24, 2.45) is 0 Å². The van der Waals surface area contributed by atoms with Gasteiger partial charge in [-0.25, -0.2) is 13.1 Å². The molecule has 1 aliphatic rings. The van der Waals surface area contributed by atoms with Gasteiger partial charge in [0.25, 0.3) is 0 Å². The van der Waals surface area contributed by atoms with Crippen LogP contribution in [0.2, 0.25) is 5.02 Å². The molecule has 0 saturated carbocycles. The number of hydrogen-bond donors (Lipinski definition) is 2. The largest absolute Gasteiger partial charge is 0.487 e. The normalized spacial score (nSPS) is 18.4. The Morgan fingerprint density at radius 1 is 1.23 bits per heavy atom. The van der Waals surface area contributed by atoms with Crippen LogP contribution in [-0.4, -0.2) is 14.0 Å². The molecule has 3 N–H and O–H groups in total. The minimum atomic E-state index is -3.79. The minimum Gasteiger partial charge on any atom is -0.487 e. The molecule has 5 nitrogen and oxygen atoms in total. The molecule has 2 aromatic rings. The van der Waals surface area contributed by atoms with Gasteiger partial charge in [-0.2, -0.15) is 0 Å². The van der Waals surface area contributed by atoms with E-state index >= 15 is 0 Å². The summed E-state index contributed by atoms with van der Waals surface area (Å²) in [5, 5.41) is 0.201. The van der Waals surface area contributed by atoms with E-state index in [-0.39, 0.29) is 22.3 Å². The lowest BCUT2D eigenvalue weighted by Crippen LogP contribution is -2.41. The van der Waals surface area contributed by atoms with Crippen LogP contribution in [0.1, 0.15) is 37.4 Å². The van der Waals surface area contributed by atoms with Gasteiger partial charge in [-0.1, -0.05) is 17.7 Å². The summed E-state index contributed by atoms with van der Waals surface area (Å²) in [5.74, 6) is 0.633. The predicted molar refractivity (Wildman–Crippen MR) is 107 cm³/mol. The number of nitrogens with two attached hydrogens (primary N) is 1. The molecule has 8 heteroatoms. The zero-order valence-electron chi connectivity index (χ0n) is 14.7. The fourth-order valence-corrected chi connectivity index (χ4v) is 4.87. The Bertz CT molecular complexity index is 930. The molecule has 26 heavy (non-hydrogen) atoms. The standard InChI is InChI=1S/C18H21ClN2O3S.ClH/c1-11-4-7-17(14(19)8-11)25(22,23)21-15-10-18(2,3)24-16-6-5-12(20)9-13(15)16;/h4-9,15,21H,10,20H2,1-3H3;1H. The monoisotopic (exact) mass is 416 g/mol. The summed E-state index contributed by atoms with van der Waals surface area (Å²) in [6, 6.07) is 9.67. The Morgan fingerprint density at radius 3 is 2.58 bits per heavy atom. The third-order valence-corrected chi connectivity index (χ3v) is 6.12. The lowest BCUT2D eigenvalue weighted by Gasteiger charge is -2.37. The first kappa shape index (κ1) is 20.8. The Labute approximate surface area is 165 Å². The molecular weight excluding hydrogens is 395 g/mol. The summed E-state index contributed by atoms with van der Waals surface area (Å²) >= 11 is 6.15. The van der Waals surface area contributed by atoms with Crippen LogP contribution in [0.4, 0.5) is 5.69 Å². The molecule has 1 unspecified atom stereocenters. The van der Waals surface area contributed by atoms with Crippen LogP contribution in [0.25, 0.3) is 0 Å². The highest BCUT2D eigenvalue weighted by molar-refractivity contribution is 7.89. The van der Waals surface area contributed by atoms with Gasteiger partial charge in [0.1, 0.15) is 16.2 Å². The number of fused-ring (bicyclic) bond motifs is 1. The number of anilines is 1. The topological polar surface area (TPSA) is 81.4 Å². The summed E-state index contributed by atoms with van der Waals surface area (Å²) < 4.78 is 34.5. The van der Waals surface area contributed by atoms with Crippen molar-refractivity contribution in [2.75, 3.05) is 5.73 Å². The predicted octanol–water partition coefficient (Wildman–Crippen LogP) is 4.23. The first-order chi connectivity index (χ1) is 11.6. The molecule has 2 aromatic carbocycles. The zero-order valence-corrected chi connectivity index (χ0v) is 17.1. The third kappa shape index (κ3) is 4.26. The van der Waals surface area contributed by atoms with E-state index in [0.29, 0.717) is 17.9 Å². The molecule has 0 radical (unpaired) electrons. The molecule has 1 aliphatic heterocycles.